The van der Waals surface area contributed by atoms with Crippen molar-refractivity contribution in [3.05, 3.63) is 34.9 Å². The van der Waals surface area contributed by atoms with Crippen molar-refractivity contribution < 1.29 is 13.6 Å². The van der Waals surface area contributed by atoms with Gasteiger partial charge in [0.1, 0.15) is 6.29 Å². The average molecular weight is 210 g/mol. The Morgan fingerprint density at radius 1 is 1.40 bits per heavy atom. The largest absolute Gasteiger partial charge is 0.298 e. The quantitative estimate of drug-likeness (QED) is 0.700. The maximum atomic E-state index is 12.9. The van der Waals surface area contributed by atoms with Gasteiger partial charge in [-0.2, -0.15) is 0 Å². The van der Waals surface area contributed by atoms with E-state index < -0.39 is 11.8 Å². The first-order chi connectivity index (χ1) is 7.10. The fourth-order valence-corrected chi connectivity index (χ4v) is 1.97. The number of carbonyl (C=O) groups excluding carboxylic acids is 1. The Morgan fingerprint density at radius 2 is 2.07 bits per heavy atom. The summed E-state index contributed by atoms with van der Waals surface area (Å²) in [4.78, 5) is 10.8. The molecule has 1 saturated carbocycles. The molecule has 0 saturated heterocycles. The molecule has 1 aromatic carbocycles. The summed E-state index contributed by atoms with van der Waals surface area (Å²) in [6.45, 7) is 1.85. The van der Waals surface area contributed by atoms with Gasteiger partial charge in [0.15, 0.2) is 0 Å². The molecular weight excluding hydrogens is 198 g/mol. The maximum absolute atomic E-state index is 12.9. The predicted molar refractivity (Wildman–Crippen MR) is 53.5 cm³/mol. The van der Waals surface area contributed by atoms with Crippen molar-refractivity contribution in [3.63, 3.8) is 0 Å². The van der Waals surface area contributed by atoms with E-state index in [-0.39, 0.29) is 0 Å². The topological polar surface area (TPSA) is 17.1 Å². The molecular formula is C12H12F2O. The van der Waals surface area contributed by atoms with Crippen LogP contribution in [0.25, 0.3) is 0 Å². The zero-order chi connectivity index (χ0) is 11.1. The normalized spacial score (nSPS) is 17.9. The van der Waals surface area contributed by atoms with Crippen LogP contribution < -0.4 is 0 Å². The van der Waals surface area contributed by atoms with Crippen molar-refractivity contribution in [1.29, 1.82) is 0 Å². The number of hydrogen-bond donors (Lipinski definition) is 0. The molecule has 0 amide bonds. The van der Waals surface area contributed by atoms with Crippen LogP contribution >= 0.6 is 0 Å². The van der Waals surface area contributed by atoms with E-state index in [4.69, 9.17) is 0 Å². The molecule has 0 heterocycles. The maximum Gasteiger partial charge on any atom is 0.248 e. The number of aryl methyl sites for hydroxylation is 1. The van der Waals surface area contributed by atoms with Gasteiger partial charge in [-0.25, -0.2) is 8.78 Å². The Labute approximate surface area is 87.1 Å². The molecule has 1 nitrogen and oxygen atoms in total. The fraction of sp³-hybridized carbons (Fsp3) is 0.417. The molecule has 1 aromatic rings. The van der Waals surface area contributed by atoms with E-state index in [0.29, 0.717) is 30.3 Å². The van der Waals surface area contributed by atoms with E-state index >= 15 is 0 Å². The van der Waals surface area contributed by atoms with Crippen molar-refractivity contribution >= 4 is 6.29 Å². The summed E-state index contributed by atoms with van der Waals surface area (Å²) in [6, 6.07) is 5.12. The smallest absolute Gasteiger partial charge is 0.248 e. The molecule has 80 valence electrons. The number of aldehydes is 1. The third kappa shape index (κ3) is 1.56. The van der Waals surface area contributed by atoms with E-state index in [1.54, 1.807) is 18.2 Å². The number of halogens is 2. The zero-order valence-electron chi connectivity index (χ0n) is 8.47. The van der Waals surface area contributed by atoms with Crippen molar-refractivity contribution in [2.24, 2.45) is 0 Å². The van der Waals surface area contributed by atoms with Gasteiger partial charge in [-0.3, -0.25) is 4.79 Å². The SMILES string of the molecule is Cc1ccc(C2(C(F)F)CC2)c(C=O)c1. The third-order valence-electron chi connectivity index (χ3n) is 3.08. The van der Waals surface area contributed by atoms with Crippen LogP contribution in [0.5, 0.6) is 0 Å². The van der Waals surface area contributed by atoms with E-state index in [9.17, 15) is 13.6 Å². The molecule has 2 rings (SSSR count). The summed E-state index contributed by atoms with van der Waals surface area (Å²) in [5.74, 6) is 0. The second-order valence-corrected chi connectivity index (χ2v) is 4.17. The molecule has 0 bridgehead atoms. The van der Waals surface area contributed by atoms with Crippen LogP contribution in [0.15, 0.2) is 18.2 Å². The van der Waals surface area contributed by atoms with Crippen molar-refractivity contribution in [1.82, 2.24) is 0 Å². The highest BCUT2D eigenvalue weighted by molar-refractivity contribution is 5.79. The molecule has 0 unspecified atom stereocenters. The fourth-order valence-electron chi connectivity index (χ4n) is 1.97. The van der Waals surface area contributed by atoms with Gasteiger partial charge in [-0.15, -0.1) is 0 Å². The first kappa shape index (κ1) is 10.3. The molecule has 1 aliphatic rings. The Morgan fingerprint density at radius 3 is 2.53 bits per heavy atom. The lowest BCUT2D eigenvalue weighted by atomic mass is 9.91. The van der Waals surface area contributed by atoms with Gasteiger partial charge in [0.2, 0.25) is 6.43 Å². The summed E-state index contributed by atoms with van der Waals surface area (Å²) < 4.78 is 25.7. The van der Waals surface area contributed by atoms with Gasteiger partial charge in [-0.05, 0) is 31.4 Å². The lowest BCUT2D eigenvalue weighted by molar-refractivity contribution is 0.100. The van der Waals surface area contributed by atoms with Crippen molar-refractivity contribution in [2.75, 3.05) is 0 Å². The summed E-state index contributed by atoms with van der Waals surface area (Å²) >= 11 is 0. The molecule has 0 N–H and O–H groups in total. The number of hydrogen-bond acceptors (Lipinski definition) is 1. The molecule has 1 fully saturated rings. The van der Waals surface area contributed by atoms with E-state index in [1.165, 1.54) is 0 Å². The molecule has 1 aliphatic carbocycles. The predicted octanol–water partition coefficient (Wildman–Crippen LogP) is 3.10. The molecule has 0 aliphatic heterocycles. The molecule has 0 radical (unpaired) electrons. The van der Waals surface area contributed by atoms with Crippen molar-refractivity contribution in [3.8, 4) is 0 Å². The van der Waals surface area contributed by atoms with Crippen LogP contribution in [0.2, 0.25) is 0 Å². The number of carbonyl (C=O) groups is 1. The zero-order valence-corrected chi connectivity index (χ0v) is 8.47. The number of benzene rings is 1. The number of alkyl halides is 2. The monoisotopic (exact) mass is 210 g/mol. The van der Waals surface area contributed by atoms with Gasteiger partial charge >= 0.3 is 0 Å². The van der Waals surface area contributed by atoms with Crippen LogP contribution in [-0.4, -0.2) is 12.7 Å². The lowest BCUT2D eigenvalue weighted by Gasteiger charge is -2.16. The highest BCUT2D eigenvalue weighted by atomic mass is 19.3. The van der Waals surface area contributed by atoms with Gasteiger partial charge in [-0.1, -0.05) is 17.7 Å². The number of rotatable bonds is 3. The van der Waals surface area contributed by atoms with Gasteiger partial charge in [0.05, 0.1) is 5.41 Å². The Hall–Kier alpha value is -1.25. The second-order valence-electron chi connectivity index (χ2n) is 4.17. The van der Waals surface area contributed by atoms with Gasteiger partial charge < -0.3 is 0 Å². The van der Waals surface area contributed by atoms with Crippen LogP contribution in [0, 0.1) is 6.92 Å². The third-order valence-corrected chi connectivity index (χ3v) is 3.08. The Balaban J connectivity index is 2.48. The minimum absolute atomic E-state index is 0.410. The van der Waals surface area contributed by atoms with Crippen LogP contribution in [-0.2, 0) is 5.41 Å². The first-order valence-corrected chi connectivity index (χ1v) is 4.94. The molecule has 3 heteroatoms. The summed E-state index contributed by atoms with van der Waals surface area (Å²) in [5, 5.41) is 0. The van der Waals surface area contributed by atoms with Crippen LogP contribution in [0.1, 0.15) is 34.3 Å². The van der Waals surface area contributed by atoms with Crippen LogP contribution in [0.3, 0.4) is 0 Å². The Bertz CT molecular complexity index is 395. The van der Waals surface area contributed by atoms with E-state index in [0.717, 1.165) is 5.56 Å². The summed E-state index contributed by atoms with van der Waals surface area (Å²) in [5.41, 5.74) is 0.807. The minimum atomic E-state index is -2.38. The standard InChI is InChI=1S/C12H12F2O/c1-8-2-3-10(9(6-8)7-15)12(4-5-12)11(13)14/h2-3,6-7,11H,4-5H2,1H3. The summed E-state index contributed by atoms with van der Waals surface area (Å²) in [6.07, 6.45) is -0.743. The van der Waals surface area contributed by atoms with Gasteiger partial charge in [0, 0.05) is 5.56 Å². The Kier molecular flexibility index (Phi) is 2.33. The summed E-state index contributed by atoms with van der Waals surface area (Å²) in [7, 11) is 0. The van der Waals surface area contributed by atoms with Crippen LogP contribution in [0.4, 0.5) is 8.78 Å². The first-order valence-electron chi connectivity index (χ1n) is 4.94. The molecule has 0 atom stereocenters. The van der Waals surface area contributed by atoms with Gasteiger partial charge in [0.25, 0.3) is 0 Å². The average Bonchev–Trinajstić information content (AvgIpc) is 2.98. The molecule has 0 aromatic heterocycles. The van der Waals surface area contributed by atoms with Crippen molar-refractivity contribution in [2.45, 2.75) is 31.6 Å². The minimum Gasteiger partial charge on any atom is -0.298 e. The van der Waals surface area contributed by atoms with E-state index in [2.05, 4.69) is 0 Å². The highest BCUT2D eigenvalue weighted by Gasteiger charge is 2.53. The van der Waals surface area contributed by atoms with E-state index in [1.807, 2.05) is 6.92 Å². The molecule has 15 heavy (non-hydrogen) atoms. The highest BCUT2D eigenvalue weighted by Crippen LogP contribution is 2.53. The molecule has 0 spiro atoms. The lowest BCUT2D eigenvalue weighted by Crippen LogP contribution is -2.19. The second kappa shape index (κ2) is 3.40.